The van der Waals surface area contributed by atoms with Gasteiger partial charge in [0.25, 0.3) is 5.91 Å². The number of phenolic OH excluding ortho intramolecular Hbond substituents is 1. The van der Waals surface area contributed by atoms with Crippen molar-refractivity contribution in [1.82, 2.24) is 24.5 Å². The number of imidazole rings is 1. The molecule has 7 rings (SSSR count). The summed E-state index contributed by atoms with van der Waals surface area (Å²) in [6, 6.07) is 17.2. The SMILES string of the molecule is C=C(C)c1ccc2[nH]c(C(=O)N3C[C@@H](Cn4cnc(=N)c5[nH]cnc54)c4c3cc(O)c3ccccc43)cc2c1. The van der Waals surface area contributed by atoms with Crippen LogP contribution in [0.2, 0.25) is 0 Å². The summed E-state index contributed by atoms with van der Waals surface area (Å²) in [4.78, 5) is 30.6. The highest BCUT2D eigenvalue weighted by Gasteiger charge is 2.36. The van der Waals surface area contributed by atoms with Crippen molar-refractivity contribution in [3.8, 4) is 5.75 Å². The van der Waals surface area contributed by atoms with Crippen LogP contribution in [-0.4, -0.2) is 42.1 Å². The van der Waals surface area contributed by atoms with Crippen LogP contribution in [-0.2, 0) is 6.54 Å². The number of hydrogen-bond acceptors (Lipinski definition) is 5. The molecule has 192 valence electrons. The molecule has 9 heteroatoms. The Hall–Kier alpha value is -5.18. The van der Waals surface area contributed by atoms with Gasteiger partial charge in [0.05, 0.1) is 18.3 Å². The number of benzene rings is 3. The smallest absolute Gasteiger partial charge is 0.274 e. The molecule has 0 aliphatic carbocycles. The first-order valence-electron chi connectivity index (χ1n) is 12.7. The second-order valence-corrected chi connectivity index (χ2v) is 10.1. The summed E-state index contributed by atoms with van der Waals surface area (Å²) in [6.45, 7) is 6.89. The summed E-state index contributed by atoms with van der Waals surface area (Å²) in [7, 11) is 0. The van der Waals surface area contributed by atoms with E-state index < -0.39 is 0 Å². The fourth-order valence-corrected chi connectivity index (χ4v) is 5.72. The topological polar surface area (TPSA) is 127 Å². The maximum absolute atomic E-state index is 14.0. The monoisotopic (exact) mass is 515 g/mol. The molecule has 0 saturated carbocycles. The van der Waals surface area contributed by atoms with E-state index >= 15 is 0 Å². The summed E-state index contributed by atoms with van der Waals surface area (Å²) in [5, 5.41) is 21.6. The Balaban J connectivity index is 1.35. The van der Waals surface area contributed by atoms with E-state index in [0.717, 1.165) is 38.4 Å². The maximum atomic E-state index is 14.0. The van der Waals surface area contributed by atoms with Crippen molar-refractivity contribution in [2.75, 3.05) is 11.4 Å². The number of anilines is 1. The molecule has 0 fully saturated rings. The number of carbonyl (C=O) groups is 1. The van der Waals surface area contributed by atoms with E-state index in [2.05, 4.69) is 26.5 Å². The summed E-state index contributed by atoms with van der Waals surface area (Å²) in [5.41, 5.74) is 6.34. The molecule has 39 heavy (non-hydrogen) atoms. The largest absolute Gasteiger partial charge is 0.507 e. The Bertz CT molecular complexity index is 2030. The van der Waals surface area contributed by atoms with Gasteiger partial charge < -0.3 is 24.5 Å². The molecule has 0 radical (unpaired) electrons. The highest BCUT2D eigenvalue weighted by atomic mass is 16.3. The second-order valence-electron chi connectivity index (χ2n) is 10.1. The van der Waals surface area contributed by atoms with Crippen molar-refractivity contribution in [2.24, 2.45) is 0 Å². The normalized spacial score (nSPS) is 14.9. The van der Waals surface area contributed by atoms with E-state index in [1.54, 1.807) is 23.6 Å². The number of allylic oxidation sites excluding steroid dienone is 1. The van der Waals surface area contributed by atoms with Gasteiger partial charge in [0, 0.05) is 41.4 Å². The van der Waals surface area contributed by atoms with Crippen molar-refractivity contribution < 1.29 is 9.90 Å². The number of hydrogen-bond donors (Lipinski definition) is 4. The minimum absolute atomic E-state index is 0.0999. The predicted octanol–water partition coefficient (Wildman–Crippen LogP) is 5.06. The van der Waals surface area contributed by atoms with Crippen LogP contribution in [0.15, 0.2) is 73.8 Å². The number of aromatic hydroxyl groups is 1. The first-order chi connectivity index (χ1) is 18.9. The lowest BCUT2D eigenvalue weighted by Crippen LogP contribution is -2.31. The Kier molecular flexibility index (Phi) is 4.96. The fraction of sp³-hybridized carbons (Fsp3) is 0.133. The molecule has 4 heterocycles. The number of phenols is 1. The van der Waals surface area contributed by atoms with E-state index in [-0.39, 0.29) is 23.1 Å². The van der Waals surface area contributed by atoms with Gasteiger partial charge in [0.15, 0.2) is 11.1 Å². The number of aromatic nitrogens is 5. The predicted molar refractivity (Wildman–Crippen MR) is 151 cm³/mol. The lowest BCUT2D eigenvalue weighted by Gasteiger charge is -2.18. The fourth-order valence-electron chi connectivity index (χ4n) is 5.72. The molecule has 3 aromatic heterocycles. The van der Waals surface area contributed by atoms with Crippen molar-refractivity contribution >= 4 is 50.0 Å². The average Bonchev–Trinajstić information content (AvgIpc) is 3.67. The van der Waals surface area contributed by atoms with E-state index in [4.69, 9.17) is 5.41 Å². The van der Waals surface area contributed by atoms with Crippen LogP contribution in [0.3, 0.4) is 0 Å². The molecule has 9 nitrogen and oxygen atoms in total. The first kappa shape index (κ1) is 23.0. The first-order valence-corrected chi connectivity index (χ1v) is 12.7. The number of fused-ring (bicyclic) bond motifs is 5. The van der Waals surface area contributed by atoms with Gasteiger partial charge in [-0.15, -0.1) is 0 Å². The summed E-state index contributed by atoms with van der Waals surface area (Å²) in [6.07, 6.45) is 3.18. The number of amides is 1. The second kappa shape index (κ2) is 8.42. The summed E-state index contributed by atoms with van der Waals surface area (Å²) in [5.74, 6) is -0.138. The highest BCUT2D eigenvalue weighted by Crippen LogP contribution is 2.46. The number of H-pyrrole nitrogens is 2. The van der Waals surface area contributed by atoms with Gasteiger partial charge >= 0.3 is 0 Å². The quantitative estimate of drug-likeness (QED) is 0.262. The number of carbonyl (C=O) groups excluding carboxylic acids is 1. The van der Waals surface area contributed by atoms with Crippen LogP contribution < -0.4 is 10.4 Å². The molecule has 0 spiro atoms. The van der Waals surface area contributed by atoms with Gasteiger partial charge in [-0.2, -0.15) is 0 Å². The third-order valence-corrected chi connectivity index (χ3v) is 7.61. The molecule has 0 saturated heterocycles. The third kappa shape index (κ3) is 3.54. The van der Waals surface area contributed by atoms with Gasteiger partial charge in [0.1, 0.15) is 17.0 Å². The Labute approximate surface area is 222 Å². The molecule has 1 amide bonds. The van der Waals surface area contributed by atoms with Crippen LogP contribution in [0, 0.1) is 5.41 Å². The van der Waals surface area contributed by atoms with Crippen molar-refractivity contribution in [3.05, 3.63) is 96.1 Å². The van der Waals surface area contributed by atoms with Crippen molar-refractivity contribution in [3.63, 3.8) is 0 Å². The molecule has 1 aliphatic heterocycles. The van der Waals surface area contributed by atoms with Gasteiger partial charge in [-0.1, -0.05) is 42.5 Å². The van der Waals surface area contributed by atoms with Crippen LogP contribution in [0.1, 0.15) is 34.5 Å². The minimum atomic E-state index is -0.170. The molecular formula is C30H25N7O2. The molecular weight excluding hydrogens is 490 g/mol. The van der Waals surface area contributed by atoms with E-state index in [9.17, 15) is 9.90 Å². The van der Waals surface area contributed by atoms with Crippen molar-refractivity contribution in [1.29, 1.82) is 5.41 Å². The van der Waals surface area contributed by atoms with Crippen LogP contribution in [0.25, 0.3) is 38.4 Å². The van der Waals surface area contributed by atoms with E-state index in [0.29, 0.717) is 35.6 Å². The molecule has 1 aliphatic rings. The van der Waals surface area contributed by atoms with Gasteiger partial charge in [0.2, 0.25) is 0 Å². The Morgan fingerprint density at radius 3 is 2.79 bits per heavy atom. The summed E-state index contributed by atoms with van der Waals surface area (Å²) >= 11 is 0. The third-order valence-electron chi connectivity index (χ3n) is 7.61. The number of nitrogens with zero attached hydrogens (tertiary/aromatic N) is 4. The molecule has 0 bridgehead atoms. The Morgan fingerprint density at radius 1 is 1.15 bits per heavy atom. The van der Waals surface area contributed by atoms with E-state index in [1.165, 1.54) is 0 Å². The van der Waals surface area contributed by atoms with Gasteiger partial charge in [-0.3, -0.25) is 10.2 Å². The van der Waals surface area contributed by atoms with Crippen LogP contribution in [0.4, 0.5) is 5.69 Å². The Morgan fingerprint density at radius 2 is 1.97 bits per heavy atom. The van der Waals surface area contributed by atoms with Gasteiger partial charge in [-0.25, -0.2) is 9.97 Å². The molecule has 6 aromatic rings. The zero-order valence-electron chi connectivity index (χ0n) is 21.2. The zero-order valence-corrected chi connectivity index (χ0v) is 21.2. The molecule has 4 N–H and O–H groups in total. The van der Waals surface area contributed by atoms with Gasteiger partial charge in [-0.05, 0) is 41.6 Å². The zero-order chi connectivity index (χ0) is 26.8. The molecule has 3 aromatic carbocycles. The number of rotatable bonds is 4. The van der Waals surface area contributed by atoms with E-state index in [1.807, 2.05) is 60.0 Å². The molecule has 1 atom stereocenters. The lowest BCUT2D eigenvalue weighted by atomic mass is 9.94. The highest BCUT2D eigenvalue weighted by molar-refractivity contribution is 6.11. The van der Waals surface area contributed by atoms with Crippen LogP contribution in [0.5, 0.6) is 5.75 Å². The summed E-state index contributed by atoms with van der Waals surface area (Å²) < 4.78 is 1.91. The minimum Gasteiger partial charge on any atom is -0.507 e. The number of aromatic amines is 2. The standard InChI is InChI=1S/C30H25N7O2/c1-16(2)17-7-8-22-18(9-17)10-23(35-22)30(39)37-13-19(12-36-15-34-28(31)27-29(36)33-14-32-27)26-21-6-4-3-5-20(21)25(38)11-24(26)37/h3-11,14-15,19,31,35,38H,1,12-13H2,2H3,(H,32,33)/t19-/m1/s1. The van der Waals surface area contributed by atoms with Crippen molar-refractivity contribution in [2.45, 2.75) is 19.4 Å². The molecule has 0 unspecified atom stereocenters. The van der Waals surface area contributed by atoms with Crippen LogP contribution >= 0.6 is 0 Å². The average molecular weight is 516 g/mol. The lowest BCUT2D eigenvalue weighted by molar-refractivity contribution is 0.0984. The maximum Gasteiger partial charge on any atom is 0.274 e. The number of nitrogens with one attached hydrogen (secondary N) is 3.